The molecule has 0 radical (unpaired) electrons. The fourth-order valence-electron chi connectivity index (χ4n) is 14.0. The smallest absolute Gasteiger partial charge is 0.220 e. The molecule has 0 aromatic rings. The van der Waals surface area contributed by atoms with Crippen LogP contribution in [0.25, 0.3) is 0 Å². The largest absolute Gasteiger partial charge is 0.394 e. The highest BCUT2D eigenvalue weighted by Crippen LogP contribution is 2.30. The summed E-state index contributed by atoms with van der Waals surface area (Å²) in [4.78, 5) is 13.4. The van der Waals surface area contributed by atoms with Crippen molar-refractivity contribution in [2.75, 3.05) is 19.8 Å². The topological polar surface area (TPSA) is 228 Å². The Morgan fingerprint density at radius 1 is 0.372 bits per heavy atom. The van der Waals surface area contributed by atoms with E-state index in [-0.39, 0.29) is 18.9 Å². The Morgan fingerprint density at radius 3 is 0.979 bits per heavy atom. The molecule has 2 aliphatic heterocycles. The molecule has 2 heterocycles. The number of hydrogen-bond acceptors (Lipinski definition) is 13. The van der Waals surface area contributed by atoms with Gasteiger partial charge < -0.3 is 65.1 Å². The summed E-state index contributed by atoms with van der Waals surface area (Å²) in [7, 11) is 0. The molecule has 12 atom stereocenters. The molecule has 2 aliphatic rings. The number of ether oxygens (including phenoxy) is 4. The molecule has 2 fully saturated rings. The van der Waals surface area contributed by atoms with Crippen LogP contribution < -0.4 is 5.32 Å². The van der Waals surface area contributed by atoms with Gasteiger partial charge >= 0.3 is 0 Å². The third kappa shape index (κ3) is 47.7. The van der Waals surface area contributed by atoms with Gasteiger partial charge in [0.2, 0.25) is 5.91 Å². The van der Waals surface area contributed by atoms with E-state index in [4.69, 9.17) is 18.9 Å². The van der Waals surface area contributed by atoms with E-state index in [0.717, 1.165) is 44.9 Å². The Labute approximate surface area is 577 Å². The van der Waals surface area contributed by atoms with Crippen LogP contribution >= 0.6 is 0 Å². The molecule has 14 nitrogen and oxygen atoms in total. The molecule has 1 amide bonds. The van der Waals surface area contributed by atoms with Crippen molar-refractivity contribution in [2.24, 2.45) is 0 Å². The summed E-state index contributed by atoms with van der Waals surface area (Å²) in [6.07, 6.45) is 65.9. The highest BCUT2D eigenvalue weighted by atomic mass is 16.7. The van der Waals surface area contributed by atoms with Gasteiger partial charge in [0.15, 0.2) is 12.6 Å². The third-order valence-electron chi connectivity index (χ3n) is 20.5. The Bertz CT molecular complexity index is 1620. The lowest BCUT2D eigenvalue weighted by atomic mass is 9.97. The maximum atomic E-state index is 13.4. The zero-order valence-corrected chi connectivity index (χ0v) is 61.2. The number of carbonyl (C=O) groups is 1. The lowest BCUT2D eigenvalue weighted by molar-refractivity contribution is -0.359. The van der Waals surface area contributed by atoms with E-state index >= 15 is 0 Å². The van der Waals surface area contributed by atoms with Gasteiger partial charge in [-0.05, 0) is 19.3 Å². The van der Waals surface area contributed by atoms with E-state index in [2.05, 4.69) is 19.2 Å². The predicted octanol–water partition coefficient (Wildman–Crippen LogP) is 18.5. The number of hydrogen-bond donors (Lipinski definition) is 9. The zero-order valence-electron chi connectivity index (χ0n) is 61.2. The molecule has 558 valence electrons. The van der Waals surface area contributed by atoms with Gasteiger partial charge in [-0.2, -0.15) is 0 Å². The van der Waals surface area contributed by atoms with Crippen LogP contribution in [0.5, 0.6) is 0 Å². The molecule has 14 heteroatoms. The number of allylic oxidation sites excluding steroid dienone is 1. The van der Waals surface area contributed by atoms with Gasteiger partial charge in [-0.25, -0.2) is 0 Å². The van der Waals surface area contributed by atoms with Crippen molar-refractivity contribution in [3.8, 4) is 0 Å². The quantitative estimate of drug-likeness (QED) is 0.0204. The number of unbranched alkanes of at least 4 members (excludes halogenated alkanes) is 57. The summed E-state index contributed by atoms with van der Waals surface area (Å²) in [6.45, 7) is 2.88. The van der Waals surface area contributed by atoms with Crippen molar-refractivity contribution in [3.63, 3.8) is 0 Å². The fourth-order valence-corrected chi connectivity index (χ4v) is 14.0. The lowest BCUT2D eigenvalue weighted by Crippen LogP contribution is -2.65. The normalized spacial score (nSPS) is 22.4. The van der Waals surface area contributed by atoms with E-state index in [9.17, 15) is 45.6 Å². The molecule has 0 bridgehead atoms. The van der Waals surface area contributed by atoms with E-state index in [1.54, 1.807) is 6.08 Å². The van der Waals surface area contributed by atoms with Crippen molar-refractivity contribution in [3.05, 3.63) is 12.2 Å². The molecular formula is C80H155NO13. The van der Waals surface area contributed by atoms with Crippen LogP contribution in [0.3, 0.4) is 0 Å². The van der Waals surface area contributed by atoms with Crippen molar-refractivity contribution in [1.82, 2.24) is 5.32 Å². The number of amides is 1. The van der Waals surface area contributed by atoms with Gasteiger partial charge in [0.25, 0.3) is 0 Å². The second-order valence-electron chi connectivity index (χ2n) is 29.3. The van der Waals surface area contributed by atoms with E-state index < -0.39 is 86.8 Å². The Balaban J connectivity index is 1.60. The summed E-state index contributed by atoms with van der Waals surface area (Å²) < 4.78 is 22.9. The molecule has 12 unspecified atom stereocenters. The fraction of sp³-hybridized carbons (Fsp3) is 0.963. The molecule has 2 rings (SSSR count). The summed E-state index contributed by atoms with van der Waals surface area (Å²) in [6, 6.07) is -0.912. The summed E-state index contributed by atoms with van der Waals surface area (Å²) in [5, 5.41) is 87.7. The maximum absolute atomic E-state index is 13.4. The third-order valence-corrected chi connectivity index (χ3v) is 20.5. The maximum Gasteiger partial charge on any atom is 0.220 e. The average Bonchev–Trinajstić information content (AvgIpc) is 0.794. The minimum Gasteiger partial charge on any atom is -0.394 e. The minimum atomic E-state index is -1.79. The molecule has 0 aromatic carbocycles. The molecular weight excluding hydrogens is 1180 g/mol. The number of carbonyl (C=O) groups excluding carboxylic acids is 1. The lowest BCUT2D eigenvalue weighted by Gasteiger charge is -2.46. The first-order valence-electron chi connectivity index (χ1n) is 40.9. The van der Waals surface area contributed by atoms with Crippen molar-refractivity contribution in [1.29, 1.82) is 0 Å². The number of rotatable bonds is 70. The first-order valence-corrected chi connectivity index (χ1v) is 40.9. The Kier molecular flexibility index (Phi) is 61.5. The summed E-state index contributed by atoms with van der Waals surface area (Å²) in [5.74, 6) is -0.228. The van der Waals surface area contributed by atoms with Crippen LogP contribution in [0, 0.1) is 0 Å². The van der Waals surface area contributed by atoms with Gasteiger partial charge in [0, 0.05) is 6.42 Å². The molecule has 0 spiro atoms. The second-order valence-corrected chi connectivity index (χ2v) is 29.3. The predicted molar refractivity (Wildman–Crippen MR) is 388 cm³/mol. The second kappa shape index (κ2) is 65.1. The Hall–Kier alpha value is -1.27. The van der Waals surface area contributed by atoms with Crippen LogP contribution in [0.15, 0.2) is 12.2 Å². The summed E-state index contributed by atoms with van der Waals surface area (Å²) in [5.41, 5.74) is 0. The van der Waals surface area contributed by atoms with Crippen molar-refractivity contribution >= 4 is 5.91 Å². The zero-order chi connectivity index (χ0) is 68.0. The van der Waals surface area contributed by atoms with Crippen LogP contribution in [-0.4, -0.2) is 140 Å². The molecule has 9 N–H and O–H groups in total. The van der Waals surface area contributed by atoms with Gasteiger partial charge in [-0.3, -0.25) is 4.79 Å². The standard InChI is InChI=1S/C80H155NO13/c1-3-5-7-9-11-13-15-17-19-21-23-25-27-29-31-32-33-34-35-36-37-38-40-42-44-46-48-50-52-54-56-58-60-62-64-72(85)81-68(67-91-79-77(90)75(88)78(71(66-83)93-79)94-80-76(89)74(87)73(86)70(65-82)92-80)69(84)63-61-59-57-55-53-51-49-47-45-43-41-39-30-28-26-24-22-20-18-16-14-12-10-8-6-4-2/h61,63,68-71,73-80,82-84,86-90H,3-60,62,64-67H2,1-2H3,(H,81,85)/b63-61+. The highest BCUT2D eigenvalue weighted by molar-refractivity contribution is 5.76. The number of aliphatic hydroxyl groups excluding tert-OH is 8. The first-order chi connectivity index (χ1) is 46.1. The minimum absolute atomic E-state index is 0.228. The number of aliphatic hydroxyl groups is 8. The molecule has 0 aromatic heterocycles. The monoisotopic (exact) mass is 1340 g/mol. The van der Waals surface area contributed by atoms with Crippen LogP contribution in [0.1, 0.15) is 399 Å². The molecule has 2 saturated heterocycles. The molecule has 94 heavy (non-hydrogen) atoms. The molecule has 0 aliphatic carbocycles. The van der Waals surface area contributed by atoms with Crippen LogP contribution in [0.2, 0.25) is 0 Å². The number of nitrogens with one attached hydrogen (secondary N) is 1. The van der Waals surface area contributed by atoms with Crippen molar-refractivity contribution < 1.29 is 64.6 Å². The SMILES string of the molecule is CCCCCCCCCCCCCCCCCCCCCCCCCC/C=C/C(O)C(COC1OC(CO)C(OC2OC(CO)C(O)C(O)C2O)C(O)C1O)NC(=O)CCCCCCCCCCCCCCCCCCCCCCCCCCCCCCCCCCCC. The van der Waals surface area contributed by atoms with Crippen LogP contribution in [-0.2, 0) is 23.7 Å². The highest BCUT2D eigenvalue weighted by Gasteiger charge is 2.51. The molecule has 0 saturated carbocycles. The van der Waals surface area contributed by atoms with Crippen LogP contribution in [0.4, 0.5) is 0 Å². The Morgan fingerprint density at radius 2 is 0.660 bits per heavy atom. The van der Waals surface area contributed by atoms with E-state index in [1.165, 1.54) is 334 Å². The van der Waals surface area contributed by atoms with Gasteiger partial charge in [-0.15, -0.1) is 0 Å². The average molecular weight is 1340 g/mol. The van der Waals surface area contributed by atoms with E-state index in [0.29, 0.717) is 0 Å². The van der Waals surface area contributed by atoms with Gasteiger partial charge in [0.1, 0.15) is 48.8 Å². The summed E-state index contributed by atoms with van der Waals surface area (Å²) >= 11 is 0. The first kappa shape index (κ1) is 88.8. The van der Waals surface area contributed by atoms with Crippen molar-refractivity contribution in [2.45, 2.75) is 473 Å². The van der Waals surface area contributed by atoms with Gasteiger partial charge in [0.05, 0.1) is 32.0 Å². The van der Waals surface area contributed by atoms with Gasteiger partial charge in [-0.1, -0.05) is 386 Å². The van der Waals surface area contributed by atoms with E-state index in [1.807, 2.05) is 6.08 Å².